The van der Waals surface area contributed by atoms with Crippen molar-refractivity contribution in [1.29, 1.82) is 0 Å². The van der Waals surface area contributed by atoms with Crippen molar-refractivity contribution in [3.63, 3.8) is 0 Å². The number of aliphatic hydroxyl groups is 1. The minimum absolute atomic E-state index is 0.0956. The average Bonchev–Trinajstić information content (AvgIpc) is 3.05. The lowest BCUT2D eigenvalue weighted by atomic mass is 10.2. The van der Waals surface area contributed by atoms with Crippen LogP contribution in [0.25, 0.3) is 0 Å². The number of fused-ring (bicyclic) bond motifs is 1. The number of hydrogen-bond acceptors (Lipinski definition) is 6. The summed E-state index contributed by atoms with van der Waals surface area (Å²) >= 11 is 5.98. The van der Waals surface area contributed by atoms with Gasteiger partial charge in [0, 0.05) is 31.8 Å². The van der Waals surface area contributed by atoms with Gasteiger partial charge in [-0.1, -0.05) is 30.7 Å². The monoisotopic (exact) mass is 408 g/mol. The SMILES string of the molecule is CCCOC1Nc2c(c(=O)n(CCCO)c(=O)n2C)N1Cc1ccc(Cl)cc1. The van der Waals surface area contributed by atoms with E-state index in [2.05, 4.69) is 5.32 Å². The van der Waals surface area contributed by atoms with Gasteiger partial charge in [-0.25, -0.2) is 4.79 Å². The molecule has 2 N–H and O–H groups in total. The predicted octanol–water partition coefficient (Wildman–Crippen LogP) is 1.73. The molecule has 0 saturated carbocycles. The molecule has 0 aliphatic carbocycles. The first-order valence-electron chi connectivity index (χ1n) is 9.31. The molecule has 0 radical (unpaired) electrons. The normalized spacial score (nSPS) is 15.6. The second-order valence-corrected chi connectivity index (χ2v) is 7.13. The molecule has 1 unspecified atom stereocenters. The molecule has 3 rings (SSSR count). The molecule has 0 spiro atoms. The van der Waals surface area contributed by atoms with Crippen LogP contribution in [0, 0.1) is 0 Å². The van der Waals surface area contributed by atoms with Gasteiger partial charge in [0.25, 0.3) is 5.56 Å². The van der Waals surface area contributed by atoms with Crippen LogP contribution in [0.5, 0.6) is 0 Å². The zero-order valence-corrected chi connectivity index (χ0v) is 16.8. The number of anilines is 2. The van der Waals surface area contributed by atoms with E-state index in [1.807, 2.05) is 24.0 Å². The minimum atomic E-state index is -0.558. The molecule has 152 valence electrons. The molecule has 8 nitrogen and oxygen atoms in total. The number of nitrogens with zero attached hydrogens (tertiary/aromatic N) is 3. The summed E-state index contributed by atoms with van der Waals surface area (Å²) < 4.78 is 8.47. The molecule has 1 aromatic heterocycles. The van der Waals surface area contributed by atoms with Gasteiger partial charge in [0.1, 0.15) is 11.5 Å². The lowest BCUT2D eigenvalue weighted by Gasteiger charge is -2.26. The second-order valence-electron chi connectivity index (χ2n) is 6.69. The summed E-state index contributed by atoms with van der Waals surface area (Å²) in [4.78, 5) is 27.6. The predicted molar refractivity (Wildman–Crippen MR) is 109 cm³/mol. The molecular weight excluding hydrogens is 384 g/mol. The van der Waals surface area contributed by atoms with E-state index in [0.717, 1.165) is 16.6 Å². The van der Waals surface area contributed by atoms with Crippen molar-refractivity contribution < 1.29 is 9.84 Å². The van der Waals surface area contributed by atoms with E-state index in [9.17, 15) is 9.59 Å². The number of benzene rings is 1. The van der Waals surface area contributed by atoms with Gasteiger partial charge < -0.3 is 20.1 Å². The highest BCUT2D eigenvalue weighted by atomic mass is 35.5. The Kier molecular flexibility index (Phi) is 6.43. The molecule has 0 bridgehead atoms. The third-order valence-corrected chi connectivity index (χ3v) is 4.89. The van der Waals surface area contributed by atoms with Crippen molar-refractivity contribution in [1.82, 2.24) is 9.13 Å². The summed E-state index contributed by atoms with van der Waals surface area (Å²) in [7, 11) is 1.62. The first kappa shape index (κ1) is 20.4. The van der Waals surface area contributed by atoms with Crippen LogP contribution in [-0.4, -0.2) is 33.8 Å². The Bertz CT molecular complexity index is 939. The van der Waals surface area contributed by atoms with Crippen LogP contribution >= 0.6 is 11.6 Å². The Balaban J connectivity index is 2.06. The third-order valence-electron chi connectivity index (χ3n) is 4.64. The molecule has 2 aromatic rings. The molecule has 28 heavy (non-hydrogen) atoms. The van der Waals surface area contributed by atoms with Crippen molar-refractivity contribution in [2.45, 2.75) is 39.2 Å². The maximum atomic E-state index is 13.1. The highest BCUT2D eigenvalue weighted by molar-refractivity contribution is 6.30. The van der Waals surface area contributed by atoms with E-state index in [1.54, 1.807) is 19.2 Å². The van der Waals surface area contributed by atoms with Crippen LogP contribution in [0.1, 0.15) is 25.3 Å². The van der Waals surface area contributed by atoms with Gasteiger partial charge in [0.15, 0.2) is 0 Å². The van der Waals surface area contributed by atoms with Gasteiger partial charge in [-0.15, -0.1) is 0 Å². The van der Waals surface area contributed by atoms with Crippen LogP contribution in [0.4, 0.5) is 11.5 Å². The van der Waals surface area contributed by atoms with Crippen molar-refractivity contribution in [3.8, 4) is 0 Å². The molecule has 0 saturated heterocycles. The number of aromatic nitrogens is 2. The zero-order chi connectivity index (χ0) is 20.3. The van der Waals surface area contributed by atoms with E-state index >= 15 is 0 Å². The summed E-state index contributed by atoms with van der Waals surface area (Å²) in [5.41, 5.74) is 0.526. The molecule has 0 fully saturated rings. The number of hydrogen-bond donors (Lipinski definition) is 2. The summed E-state index contributed by atoms with van der Waals surface area (Å²) in [5.74, 6) is 0.435. The quantitative estimate of drug-likeness (QED) is 0.691. The molecule has 1 atom stereocenters. The number of halogens is 1. The number of rotatable bonds is 8. The molecule has 1 aliphatic rings. The summed E-state index contributed by atoms with van der Waals surface area (Å²) in [6.45, 7) is 2.99. The molecule has 1 aromatic carbocycles. The molecule has 0 amide bonds. The van der Waals surface area contributed by atoms with Gasteiger partial charge in [0.2, 0.25) is 6.35 Å². The van der Waals surface area contributed by atoms with Gasteiger partial charge in [-0.2, -0.15) is 0 Å². The fourth-order valence-corrected chi connectivity index (χ4v) is 3.35. The van der Waals surface area contributed by atoms with Crippen LogP contribution in [0.15, 0.2) is 33.9 Å². The van der Waals surface area contributed by atoms with Gasteiger partial charge in [0.05, 0.1) is 6.61 Å². The van der Waals surface area contributed by atoms with Crippen LogP contribution < -0.4 is 21.5 Å². The minimum Gasteiger partial charge on any atom is -0.396 e. The molecule has 9 heteroatoms. The topological polar surface area (TPSA) is 88.7 Å². The van der Waals surface area contributed by atoms with Gasteiger partial charge in [-0.05, 0) is 30.5 Å². The molecule has 2 heterocycles. The van der Waals surface area contributed by atoms with E-state index in [1.165, 1.54) is 4.57 Å². The largest absolute Gasteiger partial charge is 0.396 e. The smallest absolute Gasteiger partial charge is 0.332 e. The Morgan fingerprint density at radius 1 is 1.25 bits per heavy atom. The number of ether oxygens (including phenoxy) is 1. The number of nitrogens with one attached hydrogen (secondary N) is 1. The van der Waals surface area contributed by atoms with Crippen LogP contribution in [0.3, 0.4) is 0 Å². The fraction of sp³-hybridized carbons (Fsp3) is 0.474. The van der Waals surface area contributed by atoms with E-state index < -0.39 is 17.6 Å². The Morgan fingerprint density at radius 2 is 1.96 bits per heavy atom. The highest BCUT2D eigenvalue weighted by Gasteiger charge is 2.35. The lowest BCUT2D eigenvalue weighted by Crippen LogP contribution is -2.42. The average molecular weight is 409 g/mol. The first-order chi connectivity index (χ1) is 13.5. The zero-order valence-electron chi connectivity index (χ0n) is 16.0. The number of aliphatic hydroxyl groups excluding tert-OH is 1. The highest BCUT2D eigenvalue weighted by Crippen LogP contribution is 2.32. The summed E-state index contributed by atoms with van der Waals surface area (Å²) in [6.07, 6.45) is 0.592. The Labute approximate surface area is 167 Å². The lowest BCUT2D eigenvalue weighted by molar-refractivity contribution is 0.0727. The maximum Gasteiger partial charge on any atom is 0.332 e. The Morgan fingerprint density at radius 3 is 2.61 bits per heavy atom. The Hall–Kier alpha value is -2.29. The maximum absolute atomic E-state index is 13.1. The molecule has 1 aliphatic heterocycles. The standard InChI is InChI=1S/C19H25ClN4O4/c1-3-11-28-18-21-16-15(24(18)12-13-5-7-14(20)8-6-13)17(26)23(9-4-10-25)19(27)22(16)2/h5-8,18,21,25H,3-4,9-12H2,1-2H3. The van der Waals surface area contributed by atoms with E-state index in [4.69, 9.17) is 21.4 Å². The summed E-state index contributed by atoms with van der Waals surface area (Å²) in [5, 5.41) is 12.9. The van der Waals surface area contributed by atoms with Crippen molar-refractivity contribution in [3.05, 3.63) is 55.7 Å². The van der Waals surface area contributed by atoms with Crippen LogP contribution in [-0.2, 0) is 24.9 Å². The summed E-state index contributed by atoms with van der Waals surface area (Å²) in [6, 6.07) is 7.37. The van der Waals surface area contributed by atoms with Crippen LogP contribution in [0.2, 0.25) is 5.02 Å². The van der Waals surface area contributed by atoms with Gasteiger partial charge in [-0.3, -0.25) is 13.9 Å². The van der Waals surface area contributed by atoms with Crippen molar-refractivity contribution in [2.24, 2.45) is 7.05 Å². The van der Waals surface area contributed by atoms with E-state index in [-0.39, 0.29) is 13.2 Å². The molecular formula is C19H25ClN4O4. The van der Waals surface area contributed by atoms with E-state index in [0.29, 0.717) is 36.1 Å². The van der Waals surface area contributed by atoms with Gasteiger partial charge >= 0.3 is 5.69 Å². The second kappa shape index (κ2) is 8.81. The third kappa shape index (κ3) is 3.94. The fourth-order valence-electron chi connectivity index (χ4n) is 3.22. The first-order valence-corrected chi connectivity index (χ1v) is 9.69. The van der Waals surface area contributed by atoms with Crippen molar-refractivity contribution in [2.75, 3.05) is 23.4 Å². The van der Waals surface area contributed by atoms with Crippen molar-refractivity contribution >= 4 is 23.1 Å².